The van der Waals surface area contributed by atoms with E-state index in [1.165, 1.54) is 0 Å². The Balaban J connectivity index is 1.68. The molecule has 0 unspecified atom stereocenters. The molecule has 0 aliphatic rings. The van der Waals surface area contributed by atoms with Crippen LogP contribution >= 0.6 is 0 Å². The van der Waals surface area contributed by atoms with Crippen molar-refractivity contribution in [2.24, 2.45) is 5.92 Å². The highest BCUT2D eigenvalue weighted by molar-refractivity contribution is 5.77. The lowest BCUT2D eigenvalue weighted by atomic mass is 10.1. The van der Waals surface area contributed by atoms with Gasteiger partial charge >= 0.3 is 0 Å². The van der Waals surface area contributed by atoms with Gasteiger partial charge in [-0.25, -0.2) is 0 Å². The van der Waals surface area contributed by atoms with E-state index < -0.39 is 0 Å². The maximum atomic E-state index is 11.8. The van der Waals surface area contributed by atoms with Gasteiger partial charge < -0.3 is 14.8 Å². The van der Waals surface area contributed by atoms with Crippen LogP contribution in [0.25, 0.3) is 0 Å². The molecule has 0 fully saturated rings. The second-order valence-electron chi connectivity index (χ2n) is 6.05. The van der Waals surface area contributed by atoms with Crippen molar-refractivity contribution in [3.8, 4) is 11.5 Å². The molecule has 128 valence electrons. The molecule has 1 amide bonds. The maximum absolute atomic E-state index is 11.8. The molecule has 0 aromatic heterocycles. The van der Waals surface area contributed by atoms with Crippen LogP contribution in [0.1, 0.15) is 25.8 Å². The Bertz CT molecular complexity index is 609. The Labute approximate surface area is 143 Å². The zero-order valence-electron chi connectivity index (χ0n) is 14.3. The second-order valence-corrected chi connectivity index (χ2v) is 6.05. The number of carbonyl (C=O) groups excluding carboxylic acids is 1. The summed E-state index contributed by atoms with van der Waals surface area (Å²) in [6, 6.07) is 17.1. The van der Waals surface area contributed by atoms with Crippen molar-refractivity contribution in [2.75, 3.05) is 13.2 Å². The summed E-state index contributed by atoms with van der Waals surface area (Å²) in [7, 11) is 0. The smallest absolute Gasteiger partial charge is 0.258 e. The highest BCUT2D eigenvalue weighted by Crippen LogP contribution is 2.18. The van der Waals surface area contributed by atoms with Crippen molar-refractivity contribution in [2.45, 2.75) is 26.8 Å². The van der Waals surface area contributed by atoms with Crippen LogP contribution in [-0.2, 0) is 11.3 Å². The zero-order valence-corrected chi connectivity index (χ0v) is 14.3. The molecule has 2 aromatic carbocycles. The molecule has 24 heavy (non-hydrogen) atoms. The number of rotatable bonds is 9. The first-order chi connectivity index (χ1) is 11.6. The third-order valence-corrected chi connectivity index (χ3v) is 3.49. The first kappa shape index (κ1) is 17.9. The summed E-state index contributed by atoms with van der Waals surface area (Å²) in [6.45, 7) is 5.55. The lowest BCUT2D eigenvalue weighted by Crippen LogP contribution is -2.28. The molecule has 4 heteroatoms. The summed E-state index contributed by atoms with van der Waals surface area (Å²) in [5.41, 5.74) is 1.06. The van der Waals surface area contributed by atoms with Crippen molar-refractivity contribution in [3.63, 3.8) is 0 Å². The quantitative estimate of drug-likeness (QED) is 0.762. The molecule has 0 bridgehead atoms. The molecule has 2 aromatic rings. The van der Waals surface area contributed by atoms with E-state index in [4.69, 9.17) is 9.47 Å². The van der Waals surface area contributed by atoms with Gasteiger partial charge in [-0.3, -0.25) is 4.79 Å². The highest BCUT2D eigenvalue weighted by Gasteiger charge is 2.03. The van der Waals surface area contributed by atoms with E-state index in [0.29, 0.717) is 24.8 Å². The topological polar surface area (TPSA) is 47.6 Å². The number of ether oxygens (including phenoxy) is 2. The predicted octanol–water partition coefficient (Wildman–Crippen LogP) is 3.81. The summed E-state index contributed by atoms with van der Waals surface area (Å²) < 4.78 is 11.1. The van der Waals surface area contributed by atoms with Gasteiger partial charge in [0.05, 0.1) is 6.61 Å². The Morgan fingerprint density at radius 1 is 0.958 bits per heavy atom. The van der Waals surface area contributed by atoms with Gasteiger partial charge in [-0.1, -0.05) is 44.2 Å². The molecular formula is C20H25NO3. The van der Waals surface area contributed by atoms with E-state index in [0.717, 1.165) is 17.7 Å². The maximum Gasteiger partial charge on any atom is 0.258 e. The number of amides is 1. The fraction of sp³-hybridized carbons (Fsp3) is 0.350. The van der Waals surface area contributed by atoms with Gasteiger partial charge in [-0.2, -0.15) is 0 Å². The molecule has 0 atom stereocenters. The van der Waals surface area contributed by atoms with Crippen LogP contribution in [0.2, 0.25) is 0 Å². The highest BCUT2D eigenvalue weighted by atomic mass is 16.5. The van der Waals surface area contributed by atoms with E-state index in [1.54, 1.807) is 0 Å². The Kier molecular flexibility index (Phi) is 7.15. The van der Waals surface area contributed by atoms with Crippen LogP contribution in [0.15, 0.2) is 54.6 Å². The molecule has 0 saturated carbocycles. The lowest BCUT2D eigenvalue weighted by Gasteiger charge is -2.10. The minimum Gasteiger partial charge on any atom is -0.494 e. The fourth-order valence-corrected chi connectivity index (χ4v) is 2.04. The molecule has 1 N–H and O–H groups in total. The second kappa shape index (κ2) is 9.60. The van der Waals surface area contributed by atoms with Crippen LogP contribution in [0, 0.1) is 5.92 Å². The minimum atomic E-state index is -0.142. The minimum absolute atomic E-state index is 0.000384. The van der Waals surface area contributed by atoms with Crippen molar-refractivity contribution >= 4 is 5.91 Å². The van der Waals surface area contributed by atoms with Gasteiger partial charge in [0, 0.05) is 6.54 Å². The third-order valence-electron chi connectivity index (χ3n) is 3.49. The number of hydrogen-bond acceptors (Lipinski definition) is 3. The standard InChI is InChI=1S/C20H25NO3/c1-16(2)12-13-23-18-8-10-19(11-9-18)24-15-20(22)21-14-17-6-4-3-5-7-17/h3-11,16H,12-15H2,1-2H3,(H,21,22). The van der Waals surface area contributed by atoms with Crippen molar-refractivity contribution in [3.05, 3.63) is 60.2 Å². The van der Waals surface area contributed by atoms with E-state index in [-0.39, 0.29) is 12.5 Å². The molecule has 0 saturated heterocycles. The first-order valence-corrected chi connectivity index (χ1v) is 8.30. The summed E-state index contributed by atoms with van der Waals surface area (Å²) in [5, 5.41) is 2.83. The van der Waals surface area contributed by atoms with Crippen molar-refractivity contribution in [1.29, 1.82) is 0 Å². The molecule has 0 spiro atoms. The average molecular weight is 327 g/mol. The van der Waals surface area contributed by atoms with Gasteiger partial charge in [-0.05, 0) is 42.2 Å². The summed E-state index contributed by atoms with van der Waals surface area (Å²) in [5.74, 6) is 1.95. The Morgan fingerprint density at radius 3 is 2.21 bits per heavy atom. The largest absolute Gasteiger partial charge is 0.494 e. The average Bonchev–Trinajstić information content (AvgIpc) is 2.60. The number of nitrogens with one attached hydrogen (secondary N) is 1. The summed E-state index contributed by atoms with van der Waals surface area (Å²) in [4.78, 5) is 11.8. The fourth-order valence-electron chi connectivity index (χ4n) is 2.04. The van der Waals surface area contributed by atoms with Gasteiger partial charge in [0.2, 0.25) is 0 Å². The summed E-state index contributed by atoms with van der Waals surface area (Å²) >= 11 is 0. The molecule has 4 nitrogen and oxygen atoms in total. The van der Waals surface area contributed by atoms with Gasteiger partial charge in [0.1, 0.15) is 11.5 Å². The van der Waals surface area contributed by atoms with E-state index in [9.17, 15) is 4.79 Å². The molecular weight excluding hydrogens is 302 g/mol. The van der Waals surface area contributed by atoms with Crippen LogP contribution in [0.5, 0.6) is 11.5 Å². The van der Waals surface area contributed by atoms with E-state index in [1.807, 2.05) is 54.6 Å². The van der Waals surface area contributed by atoms with Crippen LogP contribution in [-0.4, -0.2) is 19.1 Å². The normalized spacial score (nSPS) is 10.5. The Hall–Kier alpha value is -2.49. The van der Waals surface area contributed by atoms with Crippen molar-refractivity contribution in [1.82, 2.24) is 5.32 Å². The third kappa shape index (κ3) is 6.73. The SMILES string of the molecule is CC(C)CCOc1ccc(OCC(=O)NCc2ccccc2)cc1. The molecule has 2 rings (SSSR count). The number of carbonyl (C=O) groups is 1. The van der Waals surface area contributed by atoms with Gasteiger partial charge in [-0.15, -0.1) is 0 Å². The predicted molar refractivity (Wildman–Crippen MR) is 95.2 cm³/mol. The van der Waals surface area contributed by atoms with Crippen LogP contribution < -0.4 is 14.8 Å². The molecule has 0 radical (unpaired) electrons. The molecule has 0 heterocycles. The lowest BCUT2D eigenvalue weighted by molar-refractivity contribution is -0.123. The van der Waals surface area contributed by atoms with Crippen LogP contribution in [0.3, 0.4) is 0 Å². The Morgan fingerprint density at radius 2 is 1.58 bits per heavy atom. The van der Waals surface area contributed by atoms with Crippen LogP contribution in [0.4, 0.5) is 0 Å². The monoisotopic (exact) mass is 327 g/mol. The van der Waals surface area contributed by atoms with Crippen molar-refractivity contribution < 1.29 is 14.3 Å². The zero-order chi connectivity index (χ0) is 17.2. The van der Waals surface area contributed by atoms with E-state index in [2.05, 4.69) is 19.2 Å². The van der Waals surface area contributed by atoms with Gasteiger partial charge in [0.15, 0.2) is 6.61 Å². The molecule has 0 aliphatic carbocycles. The van der Waals surface area contributed by atoms with Gasteiger partial charge in [0.25, 0.3) is 5.91 Å². The molecule has 0 aliphatic heterocycles. The first-order valence-electron chi connectivity index (χ1n) is 8.30. The number of hydrogen-bond donors (Lipinski definition) is 1. The van der Waals surface area contributed by atoms with E-state index >= 15 is 0 Å². The number of benzene rings is 2. The summed E-state index contributed by atoms with van der Waals surface area (Å²) in [6.07, 6.45) is 1.03.